The fourth-order valence-corrected chi connectivity index (χ4v) is 2.89. The number of anilines is 2. The van der Waals surface area contributed by atoms with Gasteiger partial charge in [0.15, 0.2) is 0 Å². The minimum absolute atomic E-state index is 0.135. The number of nitrogen functional groups attached to an aromatic ring is 1. The summed E-state index contributed by atoms with van der Waals surface area (Å²) in [6.07, 6.45) is 3.63. The molecule has 1 aliphatic rings. The maximum absolute atomic E-state index is 12.4. The number of rotatable bonds is 3. The lowest BCUT2D eigenvalue weighted by Crippen LogP contribution is -2.49. The lowest BCUT2D eigenvalue weighted by Gasteiger charge is -2.39. The molecule has 2 rings (SSSR count). The van der Waals surface area contributed by atoms with Gasteiger partial charge in [-0.15, -0.1) is 0 Å². The van der Waals surface area contributed by atoms with Crippen LogP contribution < -0.4 is 10.6 Å². The maximum atomic E-state index is 12.4. The van der Waals surface area contributed by atoms with Gasteiger partial charge in [-0.25, -0.2) is 0 Å². The molecule has 1 heterocycles. The summed E-state index contributed by atoms with van der Waals surface area (Å²) in [7, 11) is 1.83. The van der Waals surface area contributed by atoms with Crippen LogP contribution in [0.2, 0.25) is 0 Å². The van der Waals surface area contributed by atoms with Crippen LogP contribution in [0.25, 0.3) is 0 Å². The number of amides is 1. The molecular formula is C16H25N3O. The third-order valence-electron chi connectivity index (χ3n) is 4.35. The molecular weight excluding hydrogens is 250 g/mol. The fourth-order valence-electron chi connectivity index (χ4n) is 2.89. The largest absolute Gasteiger partial charge is 0.399 e. The number of piperidine rings is 1. The van der Waals surface area contributed by atoms with E-state index in [9.17, 15) is 4.79 Å². The second-order valence-corrected chi connectivity index (χ2v) is 5.85. The highest BCUT2D eigenvalue weighted by Crippen LogP contribution is 2.23. The molecule has 110 valence electrons. The minimum atomic E-state index is 0.135. The van der Waals surface area contributed by atoms with Gasteiger partial charge >= 0.3 is 0 Å². The van der Waals surface area contributed by atoms with Gasteiger partial charge in [-0.3, -0.25) is 9.69 Å². The predicted octanol–water partition coefficient (Wildman–Crippen LogP) is 2.49. The Labute approximate surface area is 121 Å². The summed E-state index contributed by atoms with van der Waals surface area (Å²) in [5.74, 6) is 0.135. The van der Waals surface area contributed by atoms with Crippen molar-refractivity contribution in [3.8, 4) is 0 Å². The third-order valence-corrected chi connectivity index (χ3v) is 4.35. The van der Waals surface area contributed by atoms with Crippen LogP contribution in [-0.4, -0.2) is 36.5 Å². The van der Waals surface area contributed by atoms with Crippen LogP contribution in [0.4, 0.5) is 11.4 Å². The molecule has 1 amide bonds. The predicted molar refractivity (Wildman–Crippen MR) is 83.7 cm³/mol. The van der Waals surface area contributed by atoms with Crippen molar-refractivity contribution < 1.29 is 4.79 Å². The van der Waals surface area contributed by atoms with Crippen LogP contribution in [0.1, 0.15) is 33.1 Å². The summed E-state index contributed by atoms with van der Waals surface area (Å²) >= 11 is 0. The zero-order valence-electron chi connectivity index (χ0n) is 12.7. The van der Waals surface area contributed by atoms with Crippen LogP contribution in [0.3, 0.4) is 0 Å². The van der Waals surface area contributed by atoms with Gasteiger partial charge in [0.2, 0.25) is 5.91 Å². The van der Waals surface area contributed by atoms with Crippen molar-refractivity contribution in [1.82, 2.24) is 4.90 Å². The molecule has 20 heavy (non-hydrogen) atoms. The van der Waals surface area contributed by atoms with Gasteiger partial charge in [-0.1, -0.05) is 6.42 Å². The van der Waals surface area contributed by atoms with E-state index >= 15 is 0 Å². The molecule has 1 saturated heterocycles. The maximum Gasteiger partial charge on any atom is 0.240 e. The van der Waals surface area contributed by atoms with Crippen LogP contribution in [0.15, 0.2) is 24.3 Å². The monoisotopic (exact) mass is 275 g/mol. The first-order chi connectivity index (χ1) is 9.49. The molecule has 0 aromatic heterocycles. The van der Waals surface area contributed by atoms with E-state index in [0.29, 0.717) is 24.3 Å². The summed E-state index contributed by atoms with van der Waals surface area (Å²) in [5.41, 5.74) is 7.28. The quantitative estimate of drug-likeness (QED) is 0.862. The molecule has 1 aliphatic heterocycles. The van der Waals surface area contributed by atoms with E-state index in [-0.39, 0.29) is 5.91 Å². The normalized spacial score (nSPS) is 23.6. The molecule has 4 nitrogen and oxygen atoms in total. The average molecular weight is 275 g/mol. The highest BCUT2D eigenvalue weighted by Gasteiger charge is 2.27. The highest BCUT2D eigenvalue weighted by atomic mass is 16.2. The number of likely N-dealkylation sites (tertiary alicyclic amines) is 1. The topological polar surface area (TPSA) is 49.6 Å². The van der Waals surface area contributed by atoms with Crippen LogP contribution in [0.5, 0.6) is 0 Å². The Balaban J connectivity index is 2.01. The molecule has 4 heteroatoms. The SMILES string of the molecule is CC1CCCC(C)N1CC(=O)N(C)c1ccc(N)cc1. The van der Waals surface area contributed by atoms with Crippen molar-refractivity contribution >= 4 is 17.3 Å². The number of nitrogens with two attached hydrogens (primary N) is 1. The molecule has 1 fully saturated rings. The van der Waals surface area contributed by atoms with Crippen LogP contribution in [0, 0.1) is 0 Å². The van der Waals surface area contributed by atoms with Gasteiger partial charge in [0.25, 0.3) is 0 Å². The minimum Gasteiger partial charge on any atom is -0.399 e. The molecule has 0 saturated carbocycles. The van der Waals surface area contributed by atoms with Crippen molar-refractivity contribution in [2.24, 2.45) is 0 Å². The first kappa shape index (κ1) is 14.9. The zero-order chi connectivity index (χ0) is 14.7. The lowest BCUT2D eigenvalue weighted by molar-refractivity contribution is -0.121. The Kier molecular flexibility index (Phi) is 4.65. The number of hydrogen-bond donors (Lipinski definition) is 1. The summed E-state index contributed by atoms with van der Waals surface area (Å²) in [5, 5.41) is 0. The van der Waals surface area contributed by atoms with Gasteiger partial charge in [-0.2, -0.15) is 0 Å². The van der Waals surface area contributed by atoms with Crippen molar-refractivity contribution in [2.45, 2.75) is 45.2 Å². The Morgan fingerprint density at radius 1 is 1.25 bits per heavy atom. The Hall–Kier alpha value is -1.55. The third kappa shape index (κ3) is 3.31. The van der Waals surface area contributed by atoms with Crippen LogP contribution in [-0.2, 0) is 4.79 Å². The molecule has 0 aliphatic carbocycles. The number of benzene rings is 1. The smallest absolute Gasteiger partial charge is 0.240 e. The van der Waals surface area contributed by atoms with Crippen molar-refractivity contribution in [3.05, 3.63) is 24.3 Å². The van der Waals surface area contributed by atoms with Gasteiger partial charge in [0.05, 0.1) is 6.54 Å². The zero-order valence-corrected chi connectivity index (χ0v) is 12.7. The van der Waals surface area contributed by atoms with Gasteiger partial charge < -0.3 is 10.6 Å². The van der Waals surface area contributed by atoms with E-state index in [1.165, 1.54) is 19.3 Å². The van der Waals surface area contributed by atoms with E-state index in [1.54, 1.807) is 4.90 Å². The molecule has 0 spiro atoms. The molecule has 1 aromatic carbocycles. The Morgan fingerprint density at radius 2 is 1.80 bits per heavy atom. The Bertz CT molecular complexity index is 447. The summed E-state index contributed by atoms with van der Waals surface area (Å²) in [4.78, 5) is 16.5. The van der Waals surface area contributed by atoms with Gasteiger partial charge in [0, 0.05) is 30.5 Å². The van der Waals surface area contributed by atoms with E-state index in [4.69, 9.17) is 5.73 Å². The second-order valence-electron chi connectivity index (χ2n) is 5.85. The first-order valence-corrected chi connectivity index (χ1v) is 7.37. The van der Waals surface area contributed by atoms with E-state index < -0.39 is 0 Å². The summed E-state index contributed by atoms with van der Waals surface area (Å²) in [6, 6.07) is 8.40. The van der Waals surface area contributed by atoms with E-state index in [0.717, 1.165) is 5.69 Å². The van der Waals surface area contributed by atoms with Gasteiger partial charge in [0.1, 0.15) is 0 Å². The molecule has 2 unspecified atom stereocenters. The van der Waals surface area contributed by atoms with Gasteiger partial charge in [-0.05, 0) is 51.0 Å². The first-order valence-electron chi connectivity index (χ1n) is 7.37. The van der Waals surface area contributed by atoms with E-state index in [1.807, 2.05) is 31.3 Å². The number of carbonyl (C=O) groups excluding carboxylic acids is 1. The lowest BCUT2D eigenvalue weighted by atomic mass is 9.97. The Morgan fingerprint density at radius 3 is 2.35 bits per heavy atom. The summed E-state index contributed by atoms with van der Waals surface area (Å²) in [6.45, 7) is 4.92. The van der Waals surface area contributed by atoms with Crippen molar-refractivity contribution in [2.75, 3.05) is 24.2 Å². The number of nitrogens with zero attached hydrogens (tertiary/aromatic N) is 2. The van der Waals surface area contributed by atoms with Crippen molar-refractivity contribution in [1.29, 1.82) is 0 Å². The molecule has 0 radical (unpaired) electrons. The molecule has 2 atom stereocenters. The fraction of sp³-hybridized carbons (Fsp3) is 0.562. The second kappa shape index (κ2) is 6.27. The number of likely N-dealkylation sites (N-methyl/N-ethyl adjacent to an activating group) is 1. The average Bonchev–Trinajstić information content (AvgIpc) is 2.43. The number of hydrogen-bond acceptors (Lipinski definition) is 3. The standard InChI is InChI=1S/C16H25N3O/c1-12-5-4-6-13(2)19(12)11-16(20)18(3)15-9-7-14(17)8-10-15/h7-10,12-13H,4-6,11,17H2,1-3H3. The summed E-state index contributed by atoms with van der Waals surface area (Å²) < 4.78 is 0. The van der Waals surface area contributed by atoms with Crippen LogP contribution >= 0.6 is 0 Å². The van der Waals surface area contributed by atoms with E-state index in [2.05, 4.69) is 18.7 Å². The number of carbonyl (C=O) groups is 1. The molecule has 2 N–H and O–H groups in total. The molecule has 0 bridgehead atoms. The van der Waals surface area contributed by atoms with Crippen molar-refractivity contribution in [3.63, 3.8) is 0 Å². The highest BCUT2D eigenvalue weighted by molar-refractivity contribution is 5.94. The molecule has 1 aromatic rings.